The summed E-state index contributed by atoms with van der Waals surface area (Å²) in [5.74, 6) is -0.410. The molecule has 0 amide bonds. The molecule has 0 radical (unpaired) electrons. The molecule has 76 valence electrons. The minimum Gasteiger partial charge on any atom is -0.468 e. The lowest BCUT2D eigenvalue weighted by atomic mass is 10.1. The molecule has 0 spiro atoms. The third kappa shape index (κ3) is 2.81. The van der Waals surface area contributed by atoms with Crippen LogP contribution in [0.15, 0.2) is 18.3 Å². The highest BCUT2D eigenvalue weighted by Crippen LogP contribution is 2.01. The number of carbonyl (C=O) groups excluding carboxylic acids is 1. The van der Waals surface area contributed by atoms with Crippen molar-refractivity contribution < 1.29 is 9.53 Å². The van der Waals surface area contributed by atoms with E-state index < -0.39 is 12.0 Å². The lowest BCUT2D eigenvalue weighted by Gasteiger charge is -2.08. The molecule has 1 aromatic rings. The van der Waals surface area contributed by atoms with E-state index in [1.807, 2.05) is 19.1 Å². The fourth-order valence-corrected chi connectivity index (χ4v) is 1.08. The summed E-state index contributed by atoms with van der Waals surface area (Å²) < 4.78 is 4.52. The van der Waals surface area contributed by atoms with Gasteiger partial charge in [0.2, 0.25) is 0 Å². The quantitative estimate of drug-likeness (QED) is 0.709. The number of hydrogen-bond acceptors (Lipinski definition) is 4. The van der Waals surface area contributed by atoms with Crippen LogP contribution in [0.5, 0.6) is 0 Å². The topological polar surface area (TPSA) is 65.2 Å². The first-order chi connectivity index (χ1) is 6.63. The molecule has 0 fully saturated rings. The maximum Gasteiger partial charge on any atom is 0.323 e. The largest absolute Gasteiger partial charge is 0.468 e. The molecule has 4 heteroatoms. The first kappa shape index (κ1) is 10.7. The van der Waals surface area contributed by atoms with Gasteiger partial charge in [-0.25, -0.2) is 0 Å². The SMILES string of the molecule is COC(=O)[C@@H](N)Cc1ccc(C)cn1. The van der Waals surface area contributed by atoms with Gasteiger partial charge in [0.05, 0.1) is 7.11 Å². The summed E-state index contributed by atoms with van der Waals surface area (Å²) in [4.78, 5) is 15.2. The Morgan fingerprint density at radius 1 is 1.64 bits per heavy atom. The number of nitrogens with zero attached hydrogens (tertiary/aromatic N) is 1. The summed E-state index contributed by atoms with van der Waals surface area (Å²) in [6.45, 7) is 1.96. The number of pyridine rings is 1. The van der Waals surface area contributed by atoms with Gasteiger partial charge in [0.25, 0.3) is 0 Å². The second-order valence-corrected chi connectivity index (χ2v) is 3.16. The molecular formula is C10H14N2O2. The van der Waals surface area contributed by atoms with Crippen molar-refractivity contribution in [1.82, 2.24) is 4.98 Å². The number of esters is 1. The number of aryl methyl sites for hydroxylation is 1. The summed E-state index contributed by atoms with van der Waals surface area (Å²) >= 11 is 0. The summed E-state index contributed by atoms with van der Waals surface area (Å²) in [6.07, 6.45) is 2.16. The van der Waals surface area contributed by atoms with Crippen LogP contribution in [0.2, 0.25) is 0 Å². The van der Waals surface area contributed by atoms with Gasteiger partial charge in [-0.15, -0.1) is 0 Å². The zero-order valence-electron chi connectivity index (χ0n) is 8.36. The van der Waals surface area contributed by atoms with Crippen LogP contribution < -0.4 is 5.73 Å². The molecule has 0 unspecified atom stereocenters. The lowest BCUT2D eigenvalue weighted by Crippen LogP contribution is -2.33. The van der Waals surface area contributed by atoms with Gasteiger partial charge in [-0.1, -0.05) is 6.07 Å². The third-order valence-electron chi connectivity index (χ3n) is 1.91. The molecule has 14 heavy (non-hydrogen) atoms. The van der Waals surface area contributed by atoms with E-state index in [1.165, 1.54) is 7.11 Å². The Bertz CT molecular complexity index is 308. The van der Waals surface area contributed by atoms with E-state index in [0.717, 1.165) is 11.3 Å². The molecule has 2 N–H and O–H groups in total. The maximum atomic E-state index is 11.0. The fourth-order valence-electron chi connectivity index (χ4n) is 1.08. The zero-order valence-corrected chi connectivity index (χ0v) is 8.36. The van der Waals surface area contributed by atoms with E-state index in [-0.39, 0.29) is 0 Å². The number of methoxy groups -OCH3 is 1. The smallest absolute Gasteiger partial charge is 0.323 e. The van der Waals surface area contributed by atoms with Crippen molar-refractivity contribution in [3.8, 4) is 0 Å². The van der Waals surface area contributed by atoms with Gasteiger partial charge >= 0.3 is 5.97 Å². The van der Waals surface area contributed by atoms with Crippen molar-refractivity contribution in [1.29, 1.82) is 0 Å². The Morgan fingerprint density at radius 3 is 2.86 bits per heavy atom. The summed E-state index contributed by atoms with van der Waals surface area (Å²) in [5, 5.41) is 0. The molecule has 1 atom stereocenters. The first-order valence-corrected chi connectivity index (χ1v) is 4.38. The van der Waals surface area contributed by atoms with E-state index >= 15 is 0 Å². The van der Waals surface area contributed by atoms with E-state index in [4.69, 9.17) is 5.73 Å². The average molecular weight is 194 g/mol. The zero-order chi connectivity index (χ0) is 10.6. The molecule has 0 aliphatic heterocycles. The van der Waals surface area contributed by atoms with Crippen LogP contribution in [0.3, 0.4) is 0 Å². The monoisotopic (exact) mass is 194 g/mol. The van der Waals surface area contributed by atoms with E-state index in [1.54, 1.807) is 6.20 Å². The predicted molar refractivity (Wildman–Crippen MR) is 52.7 cm³/mol. The van der Waals surface area contributed by atoms with Gasteiger partial charge in [-0.05, 0) is 18.6 Å². The number of rotatable bonds is 3. The van der Waals surface area contributed by atoms with Gasteiger partial charge in [0, 0.05) is 18.3 Å². The number of aromatic nitrogens is 1. The fraction of sp³-hybridized carbons (Fsp3) is 0.400. The number of carbonyl (C=O) groups is 1. The molecule has 0 saturated heterocycles. The maximum absolute atomic E-state index is 11.0. The highest BCUT2D eigenvalue weighted by molar-refractivity contribution is 5.75. The van der Waals surface area contributed by atoms with Crippen molar-refractivity contribution in [2.75, 3.05) is 7.11 Å². The molecule has 0 aliphatic rings. The van der Waals surface area contributed by atoms with Crippen LogP contribution in [-0.4, -0.2) is 24.1 Å². The Kier molecular flexibility index (Phi) is 3.59. The van der Waals surface area contributed by atoms with Gasteiger partial charge in [0.1, 0.15) is 6.04 Å². The van der Waals surface area contributed by atoms with Gasteiger partial charge < -0.3 is 10.5 Å². The molecule has 1 aromatic heterocycles. The van der Waals surface area contributed by atoms with Crippen molar-refractivity contribution in [2.45, 2.75) is 19.4 Å². The van der Waals surface area contributed by atoms with Gasteiger partial charge in [-0.3, -0.25) is 9.78 Å². The number of ether oxygens (including phenoxy) is 1. The number of nitrogens with two attached hydrogens (primary N) is 1. The lowest BCUT2D eigenvalue weighted by molar-refractivity contribution is -0.142. The molecule has 0 saturated carbocycles. The van der Waals surface area contributed by atoms with E-state index in [0.29, 0.717) is 6.42 Å². The standard InChI is InChI=1S/C10H14N2O2/c1-7-3-4-8(12-6-7)5-9(11)10(13)14-2/h3-4,6,9H,5,11H2,1-2H3/t9-/m0/s1. The molecule has 4 nitrogen and oxygen atoms in total. The Balaban J connectivity index is 2.60. The normalized spacial score (nSPS) is 12.2. The van der Waals surface area contributed by atoms with Crippen molar-refractivity contribution >= 4 is 5.97 Å². The minimum absolute atomic E-state index is 0.410. The number of hydrogen-bond donors (Lipinski definition) is 1. The van der Waals surface area contributed by atoms with Crippen molar-refractivity contribution in [3.63, 3.8) is 0 Å². The molecular weight excluding hydrogens is 180 g/mol. The minimum atomic E-state index is -0.629. The summed E-state index contributed by atoms with van der Waals surface area (Å²) in [6, 6.07) is 3.17. The van der Waals surface area contributed by atoms with Crippen LogP contribution in [0.4, 0.5) is 0 Å². The van der Waals surface area contributed by atoms with E-state index in [9.17, 15) is 4.79 Å². The Morgan fingerprint density at radius 2 is 2.36 bits per heavy atom. The highest BCUT2D eigenvalue weighted by Gasteiger charge is 2.14. The van der Waals surface area contributed by atoms with Crippen molar-refractivity contribution in [3.05, 3.63) is 29.6 Å². The van der Waals surface area contributed by atoms with Gasteiger partial charge in [-0.2, -0.15) is 0 Å². The second kappa shape index (κ2) is 4.72. The third-order valence-corrected chi connectivity index (χ3v) is 1.91. The average Bonchev–Trinajstić information content (AvgIpc) is 2.20. The Labute approximate surface area is 83.1 Å². The molecule has 0 aliphatic carbocycles. The summed E-state index contributed by atoms with van der Waals surface area (Å²) in [5.41, 5.74) is 7.47. The Hall–Kier alpha value is -1.42. The molecule has 1 heterocycles. The predicted octanol–water partition coefficient (Wildman–Crippen LogP) is 0.433. The summed E-state index contributed by atoms with van der Waals surface area (Å²) in [7, 11) is 1.32. The van der Waals surface area contributed by atoms with Crippen LogP contribution in [0.25, 0.3) is 0 Å². The van der Waals surface area contributed by atoms with Crippen molar-refractivity contribution in [2.24, 2.45) is 5.73 Å². The second-order valence-electron chi connectivity index (χ2n) is 3.16. The molecule has 0 aromatic carbocycles. The van der Waals surface area contributed by atoms with Crippen LogP contribution in [-0.2, 0) is 16.0 Å². The first-order valence-electron chi connectivity index (χ1n) is 4.38. The molecule has 0 bridgehead atoms. The van der Waals surface area contributed by atoms with Crippen LogP contribution in [0.1, 0.15) is 11.3 Å². The van der Waals surface area contributed by atoms with Gasteiger partial charge in [0.15, 0.2) is 0 Å². The van der Waals surface area contributed by atoms with Crippen LogP contribution in [0, 0.1) is 6.92 Å². The van der Waals surface area contributed by atoms with E-state index in [2.05, 4.69) is 9.72 Å². The van der Waals surface area contributed by atoms with Crippen LogP contribution >= 0.6 is 0 Å². The highest BCUT2D eigenvalue weighted by atomic mass is 16.5. The molecule has 1 rings (SSSR count).